The van der Waals surface area contributed by atoms with Crippen LogP contribution in [0.15, 0.2) is 65.4 Å². The van der Waals surface area contributed by atoms with Crippen LogP contribution in [0.3, 0.4) is 0 Å². The highest BCUT2D eigenvalue weighted by molar-refractivity contribution is 7.28. The fraction of sp³-hybridized carbons (Fsp3) is 0.0625. The SMILES string of the molecule is O=C(C[s+]1cccc1)c1ccc2ccccc2c1. The van der Waals surface area contributed by atoms with Crippen molar-refractivity contribution in [3.05, 3.63) is 70.9 Å². The van der Waals surface area contributed by atoms with Gasteiger partial charge in [0, 0.05) is 5.56 Å². The van der Waals surface area contributed by atoms with Crippen LogP contribution in [0.2, 0.25) is 0 Å². The van der Waals surface area contributed by atoms with Crippen molar-refractivity contribution in [3.63, 3.8) is 0 Å². The quantitative estimate of drug-likeness (QED) is 0.497. The minimum Gasteiger partial charge on any atom is -0.288 e. The number of benzene rings is 2. The van der Waals surface area contributed by atoms with Crippen LogP contribution in [0.4, 0.5) is 0 Å². The van der Waals surface area contributed by atoms with Gasteiger partial charge < -0.3 is 0 Å². The molecule has 0 aliphatic heterocycles. The lowest BCUT2D eigenvalue weighted by Gasteiger charge is -2.00. The number of carbonyl (C=O) groups excluding carboxylic acids is 1. The lowest BCUT2D eigenvalue weighted by atomic mass is 10.1. The molecule has 18 heavy (non-hydrogen) atoms. The average Bonchev–Trinajstić information content (AvgIpc) is 2.91. The Kier molecular flexibility index (Phi) is 2.95. The first-order chi connectivity index (χ1) is 8.83. The Morgan fingerprint density at radius 3 is 2.39 bits per heavy atom. The van der Waals surface area contributed by atoms with Gasteiger partial charge in [-0.1, -0.05) is 36.4 Å². The van der Waals surface area contributed by atoms with Gasteiger partial charge in [0.2, 0.25) is 5.78 Å². The van der Waals surface area contributed by atoms with E-state index in [2.05, 4.69) is 16.8 Å². The van der Waals surface area contributed by atoms with Crippen molar-refractivity contribution in [1.29, 1.82) is 0 Å². The first-order valence-electron chi connectivity index (χ1n) is 5.88. The second-order valence-corrected chi connectivity index (χ2v) is 6.03. The van der Waals surface area contributed by atoms with Gasteiger partial charge in [-0.2, -0.15) is 0 Å². The molecule has 0 bridgehead atoms. The molecule has 88 valence electrons. The van der Waals surface area contributed by atoms with E-state index in [0.29, 0.717) is 5.75 Å². The van der Waals surface area contributed by atoms with Gasteiger partial charge in [0.1, 0.15) is 10.8 Å². The molecule has 0 saturated heterocycles. The Morgan fingerprint density at radius 1 is 0.889 bits per heavy atom. The topological polar surface area (TPSA) is 17.1 Å². The number of fused-ring (bicyclic) bond motifs is 1. The van der Waals surface area contributed by atoms with E-state index in [4.69, 9.17) is 0 Å². The molecule has 1 aromatic heterocycles. The van der Waals surface area contributed by atoms with Crippen molar-refractivity contribution in [3.8, 4) is 0 Å². The Labute approximate surface area is 109 Å². The Morgan fingerprint density at radius 2 is 1.61 bits per heavy atom. The van der Waals surface area contributed by atoms with Crippen LogP contribution in [-0.2, 0) is 5.75 Å². The molecule has 2 aromatic carbocycles. The van der Waals surface area contributed by atoms with Crippen LogP contribution in [0.1, 0.15) is 10.4 Å². The van der Waals surface area contributed by atoms with Crippen molar-refractivity contribution in [2.24, 2.45) is 0 Å². The number of ketones is 1. The maximum absolute atomic E-state index is 12.2. The number of carbonyl (C=O) groups is 1. The third-order valence-corrected chi connectivity index (χ3v) is 4.60. The van der Waals surface area contributed by atoms with Gasteiger partial charge in [-0.25, -0.2) is 0 Å². The van der Waals surface area contributed by atoms with Crippen molar-refractivity contribution >= 4 is 27.0 Å². The molecule has 3 aromatic rings. The Balaban J connectivity index is 1.92. The number of rotatable bonds is 3. The van der Waals surface area contributed by atoms with Crippen LogP contribution < -0.4 is 0 Å². The van der Waals surface area contributed by atoms with Gasteiger partial charge in [0.15, 0.2) is 5.75 Å². The molecule has 0 unspecified atom stereocenters. The number of hydrogen-bond donors (Lipinski definition) is 0. The van der Waals surface area contributed by atoms with Crippen molar-refractivity contribution in [2.75, 3.05) is 0 Å². The summed E-state index contributed by atoms with van der Waals surface area (Å²) in [7, 11) is -0.00225. The summed E-state index contributed by atoms with van der Waals surface area (Å²) >= 11 is 0. The summed E-state index contributed by atoms with van der Waals surface area (Å²) in [6.45, 7) is 0. The molecule has 2 heteroatoms. The van der Waals surface area contributed by atoms with Crippen LogP contribution in [0, 0.1) is 0 Å². The van der Waals surface area contributed by atoms with E-state index < -0.39 is 0 Å². The highest BCUT2D eigenvalue weighted by Gasteiger charge is 2.13. The van der Waals surface area contributed by atoms with E-state index in [0.717, 1.165) is 10.9 Å². The van der Waals surface area contributed by atoms with Gasteiger partial charge in [-0.05, 0) is 39.4 Å². The van der Waals surface area contributed by atoms with E-state index in [9.17, 15) is 4.79 Å². The van der Waals surface area contributed by atoms with Crippen LogP contribution in [0.5, 0.6) is 0 Å². The fourth-order valence-electron chi connectivity index (χ4n) is 2.03. The molecule has 0 aliphatic rings. The maximum Gasteiger partial charge on any atom is 0.216 e. The van der Waals surface area contributed by atoms with Gasteiger partial charge in [0.25, 0.3) is 0 Å². The molecule has 1 heterocycles. The normalized spacial score (nSPS) is 10.7. The standard InChI is InChI=1S/C16H13OS/c17-16(12-18-9-3-4-10-18)15-8-7-13-5-1-2-6-14(13)11-15/h1-11H,12H2/q+1. The molecule has 0 amide bonds. The van der Waals surface area contributed by atoms with E-state index >= 15 is 0 Å². The van der Waals surface area contributed by atoms with E-state index in [-0.39, 0.29) is 16.3 Å². The smallest absolute Gasteiger partial charge is 0.216 e. The third-order valence-electron chi connectivity index (χ3n) is 2.99. The highest BCUT2D eigenvalue weighted by Crippen LogP contribution is 2.22. The molecule has 0 saturated carbocycles. The van der Waals surface area contributed by atoms with E-state index in [1.807, 2.05) is 48.5 Å². The number of Topliss-reactive ketones (excluding diaryl/α,β-unsaturated/α-hetero) is 1. The molecule has 0 radical (unpaired) electrons. The van der Waals surface area contributed by atoms with Gasteiger partial charge in [0.05, 0.1) is 0 Å². The van der Waals surface area contributed by atoms with Gasteiger partial charge in [-0.3, -0.25) is 4.79 Å². The van der Waals surface area contributed by atoms with Crippen LogP contribution in [0.25, 0.3) is 10.8 Å². The van der Waals surface area contributed by atoms with Crippen molar-refractivity contribution in [2.45, 2.75) is 5.75 Å². The maximum atomic E-state index is 12.2. The van der Waals surface area contributed by atoms with Gasteiger partial charge in [-0.15, -0.1) is 0 Å². The van der Waals surface area contributed by atoms with Crippen LogP contribution in [-0.4, -0.2) is 5.78 Å². The molecular formula is C16H13OS+. The first-order valence-corrected chi connectivity index (χ1v) is 7.40. The second kappa shape index (κ2) is 4.75. The zero-order valence-corrected chi connectivity index (χ0v) is 10.7. The predicted molar refractivity (Wildman–Crippen MR) is 77.2 cm³/mol. The summed E-state index contributed by atoms with van der Waals surface area (Å²) < 4.78 is 0. The van der Waals surface area contributed by atoms with Crippen molar-refractivity contribution < 1.29 is 4.79 Å². The average molecular weight is 253 g/mol. The third kappa shape index (κ3) is 2.20. The lowest BCUT2D eigenvalue weighted by Crippen LogP contribution is -1.99. The largest absolute Gasteiger partial charge is 0.288 e. The van der Waals surface area contributed by atoms with Crippen LogP contribution >= 0.6 is 10.5 Å². The summed E-state index contributed by atoms with van der Waals surface area (Å²) in [5.74, 6) is 0.811. The monoisotopic (exact) mass is 253 g/mol. The molecule has 1 nitrogen and oxygen atoms in total. The number of thiophene rings is 1. The summed E-state index contributed by atoms with van der Waals surface area (Å²) in [5, 5.41) is 6.50. The Bertz CT molecular complexity index is 683. The molecule has 3 rings (SSSR count). The van der Waals surface area contributed by atoms with E-state index in [1.54, 1.807) is 0 Å². The molecule has 0 atom stereocenters. The minimum absolute atomic E-state index is 0.00225. The molecule has 0 aliphatic carbocycles. The van der Waals surface area contributed by atoms with E-state index in [1.165, 1.54) is 5.39 Å². The predicted octanol–water partition coefficient (Wildman–Crippen LogP) is 4.47. The van der Waals surface area contributed by atoms with Crippen molar-refractivity contribution in [1.82, 2.24) is 0 Å². The summed E-state index contributed by atoms with van der Waals surface area (Å²) in [4.78, 5) is 12.2. The molecule has 0 N–H and O–H groups in total. The van der Waals surface area contributed by atoms with Gasteiger partial charge >= 0.3 is 0 Å². The summed E-state index contributed by atoms with van der Waals surface area (Å²) in [6, 6.07) is 18.1. The molecule has 0 fully saturated rings. The first kappa shape index (κ1) is 11.2. The zero-order valence-electron chi connectivity index (χ0n) is 9.87. The Hall–Kier alpha value is -1.93. The lowest BCUT2D eigenvalue weighted by molar-refractivity contribution is 0.100. The number of hydrogen-bond acceptors (Lipinski definition) is 1. The fourth-order valence-corrected chi connectivity index (χ4v) is 3.37. The molecular weight excluding hydrogens is 240 g/mol. The molecule has 0 spiro atoms. The highest BCUT2D eigenvalue weighted by atomic mass is 32.2. The summed E-state index contributed by atoms with van der Waals surface area (Å²) in [6.07, 6.45) is 0. The second-order valence-electron chi connectivity index (χ2n) is 4.26. The summed E-state index contributed by atoms with van der Waals surface area (Å²) in [5.41, 5.74) is 0.815. The zero-order chi connectivity index (χ0) is 12.4. The minimum atomic E-state index is -0.00225.